The molecule has 1 heterocycles. The molecule has 0 aliphatic heterocycles. The fraction of sp³-hybridized carbons (Fsp3) is 0.235. The van der Waals surface area contributed by atoms with E-state index in [0.29, 0.717) is 13.2 Å². The van der Waals surface area contributed by atoms with Crippen molar-refractivity contribution in [3.63, 3.8) is 0 Å². The Hall–Kier alpha value is -2.29. The first-order chi connectivity index (χ1) is 9.70. The number of ether oxygens (including phenoxy) is 1. The second-order valence-electron chi connectivity index (χ2n) is 4.65. The standard InChI is InChI=1S/C17H20N2O/c1-4-11-20-17-8-6-5-7-15(17)12-18-16-10-9-13(2)19-14(16)3/h4-10,18H,1,11-12H2,2-3H3. The molecule has 0 saturated heterocycles. The molecule has 0 atom stereocenters. The van der Waals surface area contributed by atoms with E-state index >= 15 is 0 Å². The molecule has 0 fully saturated rings. The van der Waals surface area contributed by atoms with Gasteiger partial charge in [-0.25, -0.2) is 0 Å². The second kappa shape index (κ2) is 6.75. The third kappa shape index (κ3) is 3.60. The highest BCUT2D eigenvalue weighted by molar-refractivity contribution is 5.49. The van der Waals surface area contributed by atoms with Gasteiger partial charge in [-0.15, -0.1) is 0 Å². The van der Waals surface area contributed by atoms with Gasteiger partial charge in [-0.3, -0.25) is 4.98 Å². The predicted molar refractivity (Wildman–Crippen MR) is 83.2 cm³/mol. The zero-order chi connectivity index (χ0) is 14.4. The number of benzene rings is 1. The zero-order valence-electron chi connectivity index (χ0n) is 12.0. The van der Waals surface area contributed by atoms with E-state index < -0.39 is 0 Å². The van der Waals surface area contributed by atoms with Crippen LogP contribution in [0.1, 0.15) is 17.0 Å². The van der Waals surface area contributed by atoms with E-state index in [1.165, 1.54) is 0 Å². The molecule has 1 N–H and O–H groups in total. The molecule has 0 aliphatic carbocycles. The van der Waals surface area contributed by atoms with Crippen LogP contribution in [0.4, 0.5) is 5.69 Å². The maximum Gasteiger partial charge on any atom is 0.124 e. The van der Waals surface area contributed by atoms with E-state index in [0.717, 1.165) is 28.4 Å². The van der Waals surface area contributed by atoms with Crippen molar-refractivity contribution in [3.8, 4) is 5.75 Å². The Balaban J connectivity index is 2.08. The number of rotatable bonds is 6. The summed E-state index contributed by atoms with van der Waals surface area (Å²) in [5.41, 5.74) is 4.21. The highest BCUT2D eigenvalue weighted by Gasteiger charge is 2.04. The summed E-state index contributed by atoms with van der Waals surface area (Å²) in [5.74, 6) is 0.887. The Morgan fingerprint density at radius 3 is 2.75 bits per heavy atom. The number of aromatic nitrogens is 1. The molecule has 1 aromatic carbocycles. The molecule has 20 heavy (non-hydrogen) atoms. The second-order valence-corrected chi connectivity index (χ2v) is 4.65. The Morgan fingerprint density at radius 1 is 1.20 bits per heavy atom. The van der Waals surface area contributed by atoms with E-state index in [-0.39, 0.29) is 0 Å². The van der Waals surface area contributed by atoms with Crippen LogP contribution in [0.25, 0.3) is 0 Å². The topological polar surface area (TPSA) is 34.1 Å². The molecular weight excluding hydrogens is 248 g/mol. The van der Waals surface area contributed by atoms with Gasteiger partial charge >= 0.3 is 0 Å². The molecule has 0 spiro atoms. The van der Waals surface area contributed by atoms with Crippen LogP contribution in [-0.4, -0.2) is 11.6 Å². The van der Waals surface area contributed by atoms with Crippen LogP contribution in [0.3, 0.4) is 0 Å². The zero-order valence-corrected chi connectivity index (χ0v) is 12.0. The molecule has 0 radical (unpaired) electrons. The molecule has 0 amide bonds. The highest BCUT2D eigenvalue weighted by atomic mass is 16.5. The molecule has 3 heteroatoms. The van der Waals surface area contributed by atoms with Gasteiger partial charge in [0.05, 0.1) is 11.4 Å². The normalized spacial score (nSPS) is 10.1. The SMILES string of the molecule is C=CCOc1ccccc1CNc1ccc(C)nc1C. The number of nitrogens with zero attached hydrogens (tertiary/aromatic N) is 1. The molecule has 0 saturated carbocycles. The summed E-state index contributed by atoms with van der Waals surface area (Å²) in [6, 6.07) is 12.1. The Bertz CT molecular complexity index is 593. The van der Waals surface area contributed by atoms with Crippen molar-refractivity contribution in [2.45, 2.75) is 20.4 Å². The number of nitrogens with one attached hydrogen (secondary N) is 1. The van der Waals surface area contributed by atoms with Gasteiger partial charge in [0, 0.05) is 17.8 Å². The minimum atomic E-state index is 0.516. The molecule has 104 valence electrons. The van der Waals surface area contributed by atoms with Crippen molar-refractivity contribution in [2.75, 3.05) is 11.9 Å². The minimum absolute atomic E-state index is 0.516. The molecular formula is C17H20N2O. The Kier molecular flexibility index (Phi) is 4.77. The van der Waals surface area contributed by atoms with Crippen LogP contribution in [0, 0.1) is 13.8 Å². The summed E-state index contributed by atoms with van der Waals surface area (Å²) < 4.78 is 5.65. The molecule has 0 bridgehead atoms. The first-order valence-electron chi connectivity index (χ1n) is 6.70. The highest BCUT2D eigenvalue weighted by Crippen LogP contribution is 2.20. The van der Waals surface area contributed by atoms with Gasteiger partial charge in [-0.05, 0) is 32.0 Å². The molecule has 3 nitrogen and oxygen atoms in total. The van der Waals surface area contributed by atoms with Gasteiger partial charge in [0.2, 0.25) is 0 Å². The number of anilines is 1. The lowest BCUT2D eigenvalue weighted by atomic mass is 10.2. The molecule has 2 rings (SSSR count). The summed E-state index contributed by atoms with van der Waals surface area (Å²) in [4.78, 5) is 4.45. The third-order valence-corrected chi connectivity index (χ3v) is 3.02. The largest absolute Gasteiger partial charge is 0.489 e. The number of pyridine rings is 1. The quantitative estimate of drug-likeness (QED) is 0.807. The number of para-hydroxylation sites is 1. The van der Waals surface area contributed by atoms with Gasteiger partial charge in [-0.1, -0.05) is 30.9 Å². The van der Waals surface area contributed by atoms with Gasteiger partial charge < -0.3 is 10.1 Å². The van der Waals surface area contributed by atoms with E-state index in [9.17, 15) is 0 Å². The summed E-state index contributed by atoms with van der Waals surface area (Å²) in [5, 5.41) is 3.40. The third-order valence-electron chi connectivity index (χ3n) is 3.02. The smallest absolute Gasteiger partial charge is 0.124 e. The first kappa shape index (κ1) is 14.1. The van der Waals surface area contributed by atoms with Crippen LogP contribution >= 0.6 is 0 Å². The maximum absolute atomic E-state index is 5.65. The lowest BCUT2D eigenvalue weighted by Crippen LogP contribution is -2.05. The monoisotopic (exact) mass is 268 g/mol. The van der Waals surface area contributed by atoms with Gasteiger partial charge in [0.15, 0.2) is 0 Å². The van der Waals surface area contributed by atoms with Gasteiger partial charge in [0.1, 0.15) is 12.4 Å². The minimum Gasteiger partial charge on any atom is -0.489 e. The van der Waals surface area contributed by atoms with Crippen LogP contribution < -0.4 is 10.1 Å². The maximum atomic E-state index is 5.65. The fourth-order valence-corrected chi connectivity index (χ4v) is 2.00. The number of aryl methyl sites for hydroxylation is 2. The van der Waals surface area contributed by atoms with E-state index in [1.807, 2.05) is 38.1 Å². The predicted octanol–water partition coefficient (Wildman–Crippen LogP) is 3.88. The van der Waals surface area contributed by atoms with Crippen LogP contribution in [0.5, 0.6) is 5.75 Å². The average Bonchev–Trinajstić information content (AvgIpc) is 2.45. The van der Waals surface area contributed by atoms with Crippen LogP contribution in [0.15, 0.2) is 49.1 Å². The van der Waals surface area contributed by atoms with Crippen molar-refractivity contribution >= 4 is 5.69 Å². The molecule has 2 aromatic rings. The molecule has 0 aliphatic rings. The Morgan fingerprint density at radius 2 is 2.00 bits per heavy atom. The van der Waals surface area contributed by atoms with Crippen molar-refractivity contribution in [3.05, 3.63) is 66.0 Å². The van der Waals surface area contributed by atoms with Gasteiger partial charge in [0.25, 0.3) is 0 Å². The first-order valence-corrected chi connectivity index (χ1v) is 6.70. The van der Waals surface area contributed by atoms with E-state index in [2.05, 4.69) is 29.0 Å². The average molecular weight is 268 g/mol. The summed E-state index contributed by atoms with van der Waals surface area (Å²) >= 11 is 0. The number of hydrogen-bond acceptors (Lipinski definition) is 3. The summed E-state index contributed by atoms with van der Waals surface area (Å²) in [6.07, 6.45) is 1.75. The van der Waals surface area contributed by atoms with Crippen molar-refractivity contribution in [1.29, 1.82) is 0 Å². The van der Waals surface area contributed by atoms with Crippen molar-refractivity contribution in [1.82, 2.24) is 4.98 Å². The van der Waals surface area contributed by atoms with E-state index in [1.54, 1.807) is 6.08 Å². The van der Waals surface area contributed by atoms with Crippen molar-refractivity contribution in [2.24, 2.45) is 0 Å². The fourth-order valence-electron chi connectivity index (χ4n) is 2.00. The molecule has 0 unspecified atom stereocenters. The number of hydrogen-bond donors (Lipinski definition) is 1. The lowest BCUT2D eigenvalue weighted by molar-refractivity contribution is 0.359. The summed E-state index contributed by atoms with van der Waals surface area (Å²) in [6.45, 7) is 8.90. The van der Waals surface area contributed by atoms with Crippen LogP contribution in [0.2, 0.25) is 0 Å². The lowest BCUT2D eigenvalue weighted by Gasteiger charge is -2.13. The Labute approximate surface area is 120 Å². The van der Waals surface area contributed by atoms with Crippen molar-refractivity contribution < 1.29 is 4.74 Å². The van der Waals surface area contributed by atoms with E-state index in [4.69, 9.17) is 4.74 Å². The summed E-state index contributed by atoms with van der Waals surface area (Å²) in [7, 11) is 0. The van der Waals surface area contributed by atoms with Gasteiger partial charge in [-0.2, -0.15) is 0 Å². The molecule has 1 aromatic heterocycles. The van der Waals surface area contributed by atoms with Crippen LogP contribution in [-0.2, 0) is 6.54 Å².